The SMILES string of the molecule is CC1CCc2[nH]nc(C(=O)NCC3CC(O)C3)c2C1. The quantitative estimate of drug-likeness (QED) is 0.762. The monoisotopic (exact) mass is 263 g/mol. The highest BCUT2D eigenvalue weighted by Gasteiger charge is 2.29. The van der Waals surface area contributed by atoms with Crippen molar-refractivity contribution in [2.75, 3.05) is 6.54 Å². The molecule has 1 unspecified atom stereocenters. The number of aliphatic hydroxyl groups is 1. The average Bonchev–Trinajstić information content (AvgIpc) is 2.75. The average molecular weight is 263 g/mol. The molecule has 19 heavy (non-hydrogen) atoms. The van der Waals surface area contributed by atoms with E-state index in [9.17, 15) is 9.90 Å². The first-order valence-electron chi connectivity index (χ1n) is 7.16. The Bertz CT molecular complexity index is 477. The van der Waals surface area contributed by atoms with E-state index in [4.69, 9.17) is 0 Å². The minimum absolute atomic E-state index is 0.0759. The number of hydrogen-bond acceptors (Lipinski definition) is 3. The van der Waals surface area contributed by atoms with Gasteiger partial charge in [0, 0.05) is 17.8 Å². The minimum Gasteiger partial charge on any atom is -0.393 e. The summed E-state index contributed by atoms with van der Waals surface area (Å²) in [5.74, 6) is 0.971. The maximum atomic E-state index is 12.2. The van der Waals surface area contributed by atoms with Gasteiger partial charge in [-0.1, -0.05) is 6.92 Å². The molecule has 1 aromatic rings. The van der Waals surface area contributed by atoms with Crippen molar-refractivity contribution in [3.05, 3.63) is 17.0 Å². The van der Waals surface area contributed by atoms with E-state index in [2.05, 4.69) is 22.4 Å². The van der Waals surface area contributed by atoms with Crippen LogP contribution in [0.1, 0.15) is 47.9 Å². The Labute approximate surface area is 112 Å². The van der Waals surface area contributed by atoms with E-state index in [1.807, 2.05) is 0 Å². The molecule has 0 radical (unpaired) electrons. The molecule has 3 rings (SSSR count). The molecule has 1 aromatic heterocycles. The number of fused-ring (bicyclic) bond motifs is 1. The lowest BCUT2D eigenvalue weighted by Gasteiger charge is -2.31. The van der Waals surface area contributed by atoms with Crippen LogP contribution in [0.3, 0.4) is 0 Å². The van der Waals surface area contributed by atoms with E-state index in [1.54, 1.807) is 0 Å². The number of carbonyl (C=O) groups excluding carboxylic acids is 1. The Hall–Kier alpha value is -1.36. The fraction of sp³-hybridized carbons (Fsp3) is 0.714. The Morgan fingerprint density at radius 3 is 3.05 bits per heavy atom. The summed E-state index contributed by atoms with van der Waals surface area (Å²) >= 11 is 0. The number of amides is 1. The predicted octanol–water partition coefficient (Wildman–Crippen LogP) is 1.04. The zero-order chi connectivity index (χ0) is 13.4. The van der Waals surface area contributed by atoms with E-state index < -0.39 is 0 Å². The van der Waals surface area contributed by atoms with Gasteiger partial charge in [0.25, 0.3) is 5.91 Å². The zero-order valence-corrected chi connectivity index (χ0v) is 11.3. The molecule has 0 bridgehead atoms. The fourth-order valence-corrected chi connectivity index (χ4v) is 3.04. The number of aromatic amines is 1. The van der Waals surface area contributed by atoms with Gasteiger partial charge in [-0.25, -0.2) is 0 Å². The number of rotatable bonds is 3. The highest BCUT2D eigenvalue weighted by atomic mass is 16.3. The van der Waals surface area contributed by atoms with Crippen LogP contribution in [0.2, 0.25) is 0 Å². The Balaban J connectivity index is 1.62. The number of hydrogen-bond donors (Lipinski definition) is 3. The van der Waals surface area contributed by atoms with Gasteiger partial charge < -0.3 is 10.4 Å². The highest BCUT2D eigenvalue weighted by Crippen LogP contribution is 2.27. The van der Waals surface area contributed by atoms with E-state index in [-0.39, 0.29) is 12.0 Å². The van der Waals surface area contributed by atoms with Crippen LogP contribution >= 0.6 is 0 Å². The van der Waals surface area contributed by atoms with Crippen LogP contribution < -0.4 is 5.32 Å². The smallest absolute Gasteiger partial charge is 0.272 e. The molecule has 1 amide bonds. The lowest BCUT2D eigenvalue weighted by atomic mass is 9.82. The molecule has 1 saturated carbocycles. The first-order chi connectivity index (χ1) is 9.13. The largest absolute Gasteiger partial charge is 0.393 e. The van der Waals surface area contributed by atoms with Gasteiger partial charge in [-0.05, 0) is 43.9 Å². The second-order valence-corrected chi connectivity index (χ2v) is 6.08. The molecule has 2 aliphatic carbocycles. The van der Waals surface area contributed by atoms with Gasteiger partial charge in [0.15, 0.2) is 5.69 Å². The maximum absolute atomic E-state index is 12.2. The fourth-order valence-electron chi connectivity index (χ4n) is 3.04. The first-order valence-corrected chi connectivity index (χ1v) is 7.16. The minimum atomic E-state index is -0.166. The molecule has 0 spiro atoms. The Kier molecular flexibility index (Phi) is 3.31. The summed E-state index contributed by atoms with van der Waals surface area (Å²) in [6.45, 7) is 2.86. The standard InChI is InChI=1S/C14H21N3O2/c1-8-2-3-12-11(4-8)13(17-16-12)14(19)15-7-9-5-10(18)6-9/h8-10,18H,2-7H2,1H3,(H,15,19)(H,16,17). The second-order valence-electron chi connectivity index (χ2n) is 6.08. The van der Waals surface area contributed by atoms with Crippen molar-refractivity contribution in [2.45, 2.75) is 45.1 Å². The molecular formula is C14H21N3O2. The summed E-state index contributed by atoms with van der Waals surface area (Å²) in [6.07, 6.45) is 4.53. The predicted molar refractivity (Wildman–Crippen MR) is 70.8 cm³/mol. The molecule has 0 aliphatic heterocycles. The molecule has 0 saturated heterocycles. The third-order valence-electron chi connectivity index (χ3n) is 4.37. The van der Waals surface area contributed by atoms with Gasteiger partial charge in [-0.3, -0.25) is 9.89 Å². The van der Waals surface area contributed by atoms with Crippen molar-refractivity contribution >= 4 is 5.91 Å². The first kappa shape index (κ1) is 12.7. The van der Waals surface area contributed by atoms with Gasteiger partial charge in [0.2, 0.25) is 0 Å². The summed E-state index contributed by atoms with van der Waals surface area (Å²) in [5, 5.41) is 19.3. The molecule has 5 nitrogen and oxygen atoms in total. The van der Waals surface area contributed by atoms with E-state index >= 15 is 0 Å². The van der Waals surface area contributed by atoms with E-state index in [1.165, 1.54) is 0 Å². The molecule has 1 heterocycles. The van der Waals surface area contributed by atoms with Crippen LogP contribution in [0.15, 0.2) is 0 Å². The molecular weight excluding hydrogens is 242 g/mol. The Morgan fingerprint density at radius 2 is 2.32 bits per heavy atom. The van der Waals surface area contributed by atoms with Crippen LogP contribution in [0, 0.1) is 11.8 Å². The van der Waals surface area contributed by atoms with Crippen LogP contribution in [0.5, 0.6) is 0 Å². The number of nitrogens with one attached hydrogen (secondary N) is 2. The number of aromatic nitrogens is 2. The van der Waals surface area contributed by atoms with Gasteiger partial charge in [0.1, 0.15) is 0 Å². The molecule has 5 heteroatoms. The third kappa shape index (κ3) is 2.52. The summed E-state index contributed by atoms with van der Waals surface area (Å²) in [5.41, 5.74) is 2.80. The van der Waals surface area contributed by atoms with Gasteiger partial charge in [-0.15, -0.1) is 0 Å². The summed E-state index contributed by atoms with van der Waals surface area (Å²) in [4.78, 5) is 12.2. The molecule has 2 aliphatic rings. The van der Waals surface area contributed by atoms with Crippen molar-refractivity contribution in [3.8, 4) is 0 Å². The van der Waals surface area contributed by atoms with Crippen molar-refractivity contribution < 1.29 is 9.90 Å². The molecule has 0 aromatic carbocycles. The summed E-state index contributed by atoms with van der Waals surface area (Å²) in [7, 11) is 0. The van der Waals surface area contributed by atoms with Crippen LogP contribution in [-0.2, 0) is 12.8 Å². The molecule has 3 N–H and O–H groups in total. The Morgan fingerprint density at radius 1 is 1.53 bits per heavy atom. The highest BCUT2D eigenvalue weighted by molar-refractivity contribution is 5.94. The number of carbonyl (C=O) groups is 1. The summed E-state index contributed by atoms with van der Waals surface area (Å²) < 4.78 is 0. The van der Waals surface area contributed by atoms with Gasteiger partial charge in [0.05, 0.1) is 6.10 Å². The van der Waals surface area contributed by atoms with Crippen LogP contribution in [-0.4, -0.2) is 33.9 Å². The lowest BCUT2D eigenvalue weighted by molar-refractivity contribution is 0.0419. The van der Waals surface area contributed by atoms with Gasteiger partial charge >= 0.3 is 0 Å². The zero-order valence-electron chi connectivity index (χ0n) is 11.3. The van der Waals surface area contributed by atoms with Crippen molar-refractivity contribution in [2.24, 2.45) is 11.8 Å². The second kappa shape index (κ2) is 4.96. The number of nitrogens with zero attached hydrogens (tertiary/aromatic N) is 1. The van der Waals surface area contributed by atoms with Crippen molar-refractivity contribution in [1.82, 2.24) is 15.5 Å². The molecule has 1 fully saturated rings. The van der Waals surface area contributed by atoms with Crippen LogP contribution in [0.25, 0.3) is 0 Å². The molecule has 104 valence electrons. The van der Waals surface area contributed by atoms with E-state index in [0.717, 1.165) is 43.4 Å². The van der Waals surface area contributed by atoms with Crippen molar-refractivity contribution in [1.29, 1.82) is 0 Å². The number of aryl methyl sites for hydroxylation is 1. The normalized spacial score (nSPS) is 29.5. The maximum Gasteiger partial charge on any atom is 0.272 e. The third-order valence-corrected chi connectivity index (χ3v) is 4.37. The van der Waals surface area contributed by atoms with Gasteiger partial charge in [-0.2, -0.15) is 5.10 Å². The number of aliphatic hydroxyl groups excluding tert-OH is 1. The van der Waals surface area contributed by atoms with Crippen LogP contribution in [0.4, 0.5) is 0 Å². The molecule has 1 atom stereocenters. The van der Waals surface area contributed by atoms with E-state index in [0.29, 0.717) is 24.1 Å². The lowest BCUT2D eigenvalue weighted by Crippen LogP contribution is -2.38. The number of H-pyrrole nitrogens is 1. The topological polar surface area (TPSA) is 78.0 Å². The summed E-state index contributed by atoms with van der Waals surface area (Å²) in [6, 6.07) is 0. The van der Waals surface area contributed by atoms with Crippen molar-refractivity contribution in [3.63, 3.8) is 0 Å².